The average molecular weight is 559 g/mol. The molecule has 31 heavy (non-hydrogen) atoms. The van der Waals surface area contributed by atoms with Crippen molar-refractivity contribution in [1.82, 2.24) is 25.0 Å². The van der Waals surface area contributed by atoms with Gasteiger partial charge in [0, 0.05) is 33.1 Å². The highest BCUT2D eigenvalue weighted by atomic mass is 127. The number of aryl methyl sites for hydroxylation is 1. The van der Waals surface area contributed by atoms with Gasteiger partial charge in [-0.1, -0.05) is 42.8 Å². The van der Waals surface area contributed by atoms with Crippen LogP contribution in [0.15, 0.2) is 40.5 Å². The van der Waals surface area contributed by atoms with Crippen LogP contribution in [0.3, 0.4) is 0 Å². The molecule has 0 spiro atoms. The Morgan fingerprint density at radius 2 is 2.00 bits per heavy atom. The van der Waals surface area contributed by atoms with E-state index in [9.17, 15) is 0 Å². The molecule has 0 amide bonds. The quantitative estimate of drug-likeness (QED) is 0.155. The zero-order valence-electron chi connectivity index (χ0n) is 18.8. The van der Waals surface area contributed by atoms with E-state index in [-0.39, 0.29) is 24.0 Å². The second-order valence-electron chi connectivity index (χ2n) is 7.57. The van der Waals surface area contributed by atoms with Crippen LogP contribution < -0.4 is 10.1 Å². The van der Waals surface area contributed by atoms with E-state index in [1.807, 2.05) is 44.4 Å². The first-order valence-corrected chi connectivity index (χ1v) is 12.0. The number of aliphatic imine (C=N–C) groups is 1. The summed E-state index contributed by atoms with van der Waals surface area (Å²) in [5, 5.41) is 13.4. The zero-order chi connectivity index (χ0) is 21.2. The van der Waals surface area contributed by atoms with E-state index < -0.39 is 0 Å². The average Bonchev–Trinajstić information content (AvgIpc) is 3.43. The molecule has 0 saturated heterocycles. The molecule has 9 heteroatoms. The molecule has 0 aliphatic heterocycles. The third-order valence-corrected chi connectivity index (χ3v) is 6.12. The van der Waals surface area contributed by atoms with Crippen molar-refractivity contribution >= 4 is 41.7 Å². The number of ether oxygens (including phenoxy) is 1. The highest BCUT2D eigenvalue weighted by molar-refractivity contribution is 14.0. The number of halogens is 1. The van der Waals surface area contributed by atoms with Gasteiger partial charge in [0.25, 0.3) is 0 Å². The Bertz CT molecular complexity index is 795. The summed E-state index contributed by atoms with van der Waals surface area (Å²) < 4.78 is 8.17. The van der Waals surface area contributed by atoms with Crippen LogP contribution in [0.1, 0.15) is 44.0 Å². The molecule has 1 heterocycles. The van der Waals surface area contributed by atoms with Crippen LogP contribution in [-0.4, -0.2) is 65.7 Å². The van der Waals surface area contributed by atoms with Gasteiger partial charge in [-0.3, -0.25) is 4.99 Å². The smallest absolute Gasteiger partial charge is 0.193 e. The van der Waals surface area contributed by atoms with Gasteiger partial charge in [0.1, 0.15) is 18.2 Å². The van der Waals surface area contributed by atoms with Gasteiger partial charge in [-0.2, -0.15) is 0 Å². The molecule has 0 bridgehead atoms. The lowest BCUT2D eigenvalue weighted by molar-refractivity contribution is 0.281. The van der Waals surface area contributed by atoms with Crippen LogP contribution in [0.5, 0.6) is 5.75 Å². The van der Waals surface area contributed by atoms with E-state index in [1.165, 1.54) is 25.7 Å². The first-order chi connectivity index (χ1) is 14.7. The molecule has 2 aromatic rings. The van der Waals surface area contributed by atoms with Crippen LogP contribution in [-0.2, 0) is 6.42 Å². The van der Waals surface area contributed by atoms with Gasteiger partial charge in [0.2, 0.25) is 0 Å². The van der Waals surface area contributed by atoms with E-state index in [1.54, 1.807) is 11.8 Å². The van der Waals surface area contributed by atoms with E-state index in [4.69, 9.17) is 4.74 Å². The predicted molar refractivity (Wildman–Crippen MR) is 139 cm³/mol. The van der Waals surface area contributed by atoms with Crippen molar-refractivity contribution in [3.05, 3.63) is 36.2 Å². The van der Waals surface area contributed by atoms with Crippen LogP contribution in [0.2, 0.25) is 0 Å². The third kappa shape index (κ3) is 7.55. The third-order valence-electron chi connectivity index (χ3n) is 5.48. The first kappa shape index (κ1) is 25.8. The van der Waals surface area contributed by atoms with E-state index in [0.717, 1.165) is 48.6 Å². The van der Waals surface area contributed by atoms with Crippen molar-refractivity contribution < 1.29 is 4.74 Å². The highest BCUT2D eigenvalue weighted by Crippen LogP contribution is 2.33. The van der Waals surface area contributed by atoms with Gasteiger partial charge in [0.05, 0.1) is 6.54 Å². The number of nitrogens with one attached hydrogen (secondary N) is 1. The van der Waals surface area contributed by atoms with E-state index in [2.05, 4.69) is 36.2 Å². The second-order valence-corrected chi connectivity index (χ2v) is 8.35. The summed E-state index contributed by atoms with van der Waals surface area (Å²) in [5.41, 5.74) is 0. The van der Waals surface area contributed by atoms with Crippen molar-refractivity contribution in [2.24, 2.45) is 4.99 Å². The molecule has 1 aliphatic rings. The number of hydrogen-bond acceptors (Lipinski definition) is 5. The molecule has 1 fully saturated rings. The minimum atomic E-state index is 0. The Labute approximate surface area is 207 Å². The minimum absolute atomic E-state index is 0. The van der Waals surface area contributed by atoms with Crippen LogP contribution in [0, 0.1) is 0 Å². The fraction of sp³-hybridized carbons (Fsp3) is 0.591. The van der Waals surface area contributed by atoms with Crippen molar-refractivity contribution in [2.45, 2.75) is 49.7 Å². The Kier molecular flexibility index (Phi) is 11.5. The summed E-state index contributed by atoms with van der Waals surface area (Å²) in [6, 6.07) is 10.5. The van der Waals surface area contributed by atoms with Gasteiger partial charge >= 0.3 is 0 Å². The lowest BCUT2D eigenvalue weighted by Gasteiger charge is -2.22. The monoisotopic (exact) mass is 558 g/mol. The minimum Gasteiger partial charge on any atom is -0.492 e. The molecule has 1 aromatic heterocycles. The summed E-state index contributed by atoms with van der Waals surface area (Å²) in [6.45, 7) is 2.23. The molecule has 1 aromatic carbocycles. The number of hydrogen-bond donors (Lipinski definition) is 1. The molecule has 7 nitrogen and oxygen atoms in total. The summed E-state index contributed by atoms with van der Waals surface area (Å²) in [6.07, 6.45) is 9.13. The SMILES string of the molecule is CN=C(NCCCc1nnc(SC)n1C1CCCC1)N(C)CCOc1ccccc1.I. The first-order valence-electron chi connectivity index (χ1n) is 10.8. The summed E-state index contributed by atoms with van der Waals surface area (Å²) in [7, 11) is 3.85. The second kappa shape index (κ2) is 13.8. The molecule has 0 unspecified atom stereocenters. The topological polar surface area (TPSA) is 67.6 Å². The summed E-state index contributed by atoms with van der Waals surface area (Å²) in [4.78, 5) is 6.49. The largest absolute Gasteiger partial charge is 0.492 e. The fourth-order valence-electron chi connectivity index (χ4n) is 3.90. The molecule has 1 saturated carbocycles. The lowest BCUT2D eigenvalue weighted by atomic mass is 10.2. The molecule has 0 atom stereocenters. The van der Waals surface area contributed by atoms with Gasteiger partial charge < -0.3 is 19.5 Å². The maximum absolute atomic E-state index is 5.79. The van der Waals surface area contributed by atoms with Crippen molar-refractivity contribution in [1.29, 1.82) is 0 Å². The number of aromatic nitrogens is 3. The normalized spacial score (nSPS) is 14.4. The van der Waals surface area contributed by atoms with Gasteiger partial charge in [-0.05, 0) is 37.7 Å². The van der Waals surface area contributed by atoms with Crippen molar-refractivity contribution in [2.75, 3.05) is 40.0 Å². The Morgan fingerprint density at radius 1 is 1.26 bits per heavy atom. The Hall–Kier alpha value is -1.49. The molecule has 1 aliphatic carbocycles. The van der Waals surface area contributed by atoms with Crippen molar-refractivity contribution in [3.63, 3.8) is 0 Å². The van der Waals surface area contributed by atoms with E-state index in [0.29, 0.717) is 12.6 Å². The van der Waals surface area contributed by atoms with E-state index >= 15 is 0 Å². The lowest BCUT2D eigenvalue weighted by Crippen LogP contribution is -2.41. The number of thioether (sulfide) groups is 1. The number of guanidine groups is 1. The van der Waals surface area contributed by atoms with Crippen molar-refractivity contribution in [3.8, 4) is 5.75 Å². The molecule has 172 valence electrons. The van der Waals surface area contributed by atoms with Gasteiger partial charge in [-0.25, -0.2) is 0 Å². The molecular weight excluding hydrogens is 523 g/mol. The van der Waals surface area contributed by atoms with Gasteiger partial charge in [0.15, 0.2) is 11.1 Å². The Morgan fingerprint density at radius 3 is 2.68 bits per heavy atom. The molecular formula is C22H35IN6OS. The highest BCUT2D eigenvalue weighted by Gasteiger charge is 2.23. The predicted octanol–water partition coefficient (Wildman–Crippen LogP) is 4.25. The van der Waals surface area contributed by atoms with Gasteiger partial charge in [-0.15, -0.1) is 34.2 Å². The Balaban J connectivity index is 0.00000341. The zero-order valence-corrected chi connectivity index (χ0v) is 21.9. The summed E-state index contributed by atoms with van der Waals surface area (Å²) >= 11 is 1.70. The molecule has 1 N–H and O–H groups in total. The van der Waals surface area contributed by atoms with Crippen LogP contribution in [0.25, 0.3) is 0 Å². The number of likely N-dealkylation sites (N-methyl/N-ethyl adjacent to an activating group) is 1. The number of nitrogens with zero attached hydrogens (tertiary/aromatic N) is 5. The maximum Gasteiger partial charge on any atom is 0.193 e. The maximum atomic E-state index is 5.79. The standard InChI is InChI=1S/C22H34N6OS.HI/c1-23-21(27(2)16-17-29-19-12-5-4-6-13-19)24-15-9-14-20-25-26-22(30-3)28(20)18-10-7-8-11-18;/h4-6,12-13,18H,7-11,14-17H2,1-3H3,(H,23,24);1H. The summed E-state index contributed by atoms with van der Waals surface area (Å²) in [5.74, 6) is 2.89. The number of rotatable bonds is 10. The van der Waals surface area contributed by atoms with Crippen LogP contribution >= 0.6 is 35.7 Å². The molecule has 0 radical (unpaired) electrons. The molecule has 3 rings (SSSR count). The fourth-order valence-corrected chi connectivity index (χ4v) is 4.47. The number of para-hydroxylation sites is 1. The van der Waals surface area contributed by atoms with Crippen LogP contribution in [0.4, 0.5) is 0 Å². The number of benzene rings is 1.